The summed E-state index contributed by atoms with van der Waals surface area (Å²) in [5, 5.41) is 2.86. The summed E-state index contributed by atoms with van der Waals surface area (Å²) in [5.41, 5.74) is 0. The zero-order chi connectivity index (χ0) is 12.3. The van der Waals surface area contributed by atoms with Crippen LogP contribution in [-0.2, 0) is 0 Å². The van der Waals surface area contributed by atoms with Gasteiger partial charge in [-0.3, -0.25) is 0 Å². The van der Waals surface area contributed by atoms with Crippen molar-refractivity contribution in [3.05, 3.63) is 19.8 Å². The van der Waals surface area contributed by atoms with Crippen molar-refractivity contribution in [1.29, 1.82) is 0 Å². The second kappa shape index (κ2) is 5.71. The molecule has 0 aliphatic rings. The van der Waals surface area contributed by atoms with Crippen LogP contribution in [0.15, 0.2) is 10.5 Å². The van der Waals surface area contributed by atoms with Gasteiger partial charge in [-0.1, -0.05) is 11.6 Å². The average molecular weight is 337 g/mol. The minimum absolute atomic E-state index is 0.0171. The molecule has 0 saturated heterocycles. The Labute approximate surface area is 109 Å². The van der Waals surface area contributed by atoms with Crippen molar-refractivity contribution in [2.24, 2.45) is 0 Å². The van der Waals surface area contributed by atoms with E-state index < -0.39 is 12.6 Å². The SMILES string of the molecule is CNC(CCC(F)(F)F)c1cc(Br)c(Cl)s1. The molecule has 1 aromatic rings. The molecular formula is C9H10BrClF3NS. The Morgan fingerprint density at radius 1 is 1.56 bits per heavy atom. The van der Waals surface area contributed by atoms with Crippen LogP contribution in [0.3, 0.4) is 0 Å². The van der Waals surface area contributed by atoms with Gasteiger partial charge < -0.3 is 5.32 Å². The first kappa shape index (κ1) is 14.3. The van der Waals surface area contributed by atoms with Crippen LogP contribution in [0.5, 0.6) is 0 Å². The third-order valence-electron chi connectivity index (χ3n) is 2.07. The summed E-state index contributed by atoms with van der Waals surface area (Å²) in [6, 6.07) is 1.44. The molecule has 1 aromatic heterocycles. The summed E-state index contributed by atoms with van der Waals surface area (Å²) < 4.78 is 37.6. The first-order valence-corrected chi connectivity index (χ1v) is 6.51. The van der Waals surface area contributed by atoms with Crippen LogP contribution in [0.2, 0.25) is 4.34 Å². The molecule has 0 aromatic carbocycles. The van der Waals surface area contributed by atoms with Crippen molar-refractivity contribution in [3.8, 4) is 0 Å². The number of nitrogens with one attached hydrogen (secondary N) is 1. The maximum Gasteiger partial charge on any atom is 0.389 e. The third-order valence-corrected chi connectivity index (χ3v) is 4.66. The predicted octanol–water partition coefficient (Wildman–Crippen LogP) is 4.77. The van der Waals surface area contributed by atoms with Crippen molar-refractivity contribution in [2.45, 2.75) is 25.1 Å². The Morgan fingerprint density at radius 3 is 2.56 bits per heavy atom. The predicted molar refractivity (Wildman–Crippen MR) is 64.1 cm³/mol. The van der Waals surface area contributed by atoms with E-state index >= 15 is 0 Å². The van der Waals surface area contributed by atoms with Crippen LogP contribution in [0.25, 0.3) is 0 Å². The van der Waals surface area contributed by atoms with E-state index in [9.17, 15) is 13.2 Å². The zero-order valence-corrected chi connectivity index (χ0v) is 11.5. The molecule has 0 aliphatic carbocycles. The van der Waals surface area contributed by atoms with Crippen LogP contribution in [0, 0.1) is 0 Å². The van der Waals surface area contributed by atoms with Crippen LogP contribution < -0.4 is 5.32 Å². The highest BCUT2D eigenvalue weighted by Gasteiger charge is 2.28. The average Bonchev–Trinajstić information content (AvgIpc) is 2.46. The largest absolute Gasteiger partial charge is 0.389 e. The van der Waals surface area contributed by atoms with Crippen LogP contribution >= 0.6 is 38.9 Å². The molecule has 1 unspecified atom stereocenters. The van der Waals surface area contributed by atoms with Crippen LogP contribution in [0.1, 0.15) is 23.8 Å². The summed E-state index contributed by atoms with van der Waals surface area (Å²) in [4.78, 5) is 0.809. The van der Waals surface area contributed by atoms with Gasteiger partial charge in [-0.15, -0.1) is 11.3 Å². The molecule has 0 saturated carbocycles. The Balaban J connectivity index is 2.68. The fourth-order valence-electron chi connectivity index (χ4n) is 1.27. The van der Waals surface area contributed by atoms with Crippen molar-refractivity contribution >= 4 is 38.9 Å². The molecule has 1 N–H and O–H groups in total. The monoisotopic (exact) mass is 335 g/mol. The van der Waals surface area contributed by atoms with Gasteiger partial charge in [0.2, 0.25) is 0 Å². The summed E-state index contributed by atoms with van der Waals surface area (Å²) in [5.74, 6) is 0. The minimum atomic E-state index is -4.12. The summed E-state index contributed by atoms with van der Waals surface area (Å²) >= 11 is 10.4. The van der Waals surface area contributed by atoms with Gasteiger partial charge >= 0.3 is 6.18 Å². The molecule has 0 spiro atoms. The maximum absolute atomic E-state index is 12.1. The zero-order valence-electron chi connectivity index (χ0n) is 8.37. The molecule has 0 amide bonds. The molecule has 1 atom stereocenters. The van der Waals surface area contributed by atoms with E-state index in [1.54, 1.807) is 13.1 Å². The molecule has 1 heterocycles. The van der Waals surface area contributed by atoms with E-state index in [2.05, 4.69) is 21.2 Å². The number of hydrogen-bond donors (Lipinski definition) is 1. The molecule has 0 radical (unpaired) electrons. The van der Waals surface area contributed by atoms with E-state index in [1.807, 2.05) is 0 Å². The fraction of sp³-hybridized carbons (Fsp3) is 0.556. The minimum Gasteiger partial charge on any atom is -0.312 e. The maximum atomic E-state index is 12.1. The second-order valence-electron chi connectivity index (χ2n) is 3.27. The van der Waals surface area contributed by atoms with Gasteiger partial charge in [-0.05, 0) is 35.5 Å². The van der Waals surface area contributed by atoms with Gasteiger partial charge in [0.1, 0.15) is 4.34 Å². The van der Waals surface area contributed by atoms with Gasteiger partial charge in [0.05, 0.1) is 0 Å². The van der Waals surface area contributed by atoms with E-state index in [4.69, 9.17) is 11.6 Å². The lowest BCUT2D eigenvalue weighted by molar-refractivity contribution is -0.136. The number of alkyl halides is 3. The van der Waals surface area contributed by atoms with E-state index in [0.717, 1.165) is 9.35 Å². The van der Waals surface area contributed by atoms with Gasteiger partial charge in [-0.25, -0.2) is 0 Å². The molecular weight excluding hydrogens is 327 g/mol. The molecule has 0 bridgehead atoms. The smallest absolute Gasteiger partial charge is 0.312 e. The topological polar surface area (TPSA) is 12.0 Å². The molecule has 0 fully saturated rings. The van der Waals surface area contributed by atoms with Gasteiger partial charge in [-0.2, -0.15) is 13.2 Å². The molecule has 1 nitrogen and oxygen atoms in total. The number of halogens is 5. The molecule has 92 valence electrons. The fourth-order valence-corrected chi connectivity index (χ4v) is 3.15. The normalized spacial score (nSPS) is 14.1. The van der Waals surface area contributed by atoms with E-state index in [-0.39, 0.29) is 12.5 Å². The van der Waals surface area contributed by atoms with Crippen molar-refractivity contribution in [3.63, 3.8) is 0 Å². The standard InChI is InChI=1S/C9H10BrClF3NS/c1-15-6(2-3-9(12,13)14)7-4-5(10)8(11)16-7/h4,6,15H,2-3H2,1H3. The molecule has 16 heavy (non-hydrogen) atoms. The van der Waals surface area contributed by atoms with Crippen LogP contribution in [-0.4, -0.2) is 13.2 Å². The number of rotatable bonds is 4. The number of hydrogen-bond acceptors (Lipinski definition) is 2. The Hall–Kier alpha value is 0.220. The third kappa shape index (κ3) is 4.24. The van der Waals surface area contributed by atoms with Gasteiger partial charge in [0, 0.05) is 21.8 Å². The lowest BCUT2D eigenvalue weighted by Gasteiger charge is -2.15. The summed E-state index contributed by atoms with van der Waals surface area (Å²) in [6.45, 7) is 0. The van der Waals surface area contributed by atoms with E-state index in [1.165, 1.54) is 11.3 Å². The summed E-state index contributed by atoms with van der Waals surface area (Å²) in [6.07, 6.45) is -4.90. The highest BCUT2D eigenvalue weighted by Crippen LogP contribution is 2.37. The Bertz CT molecular complexity index is 334. The number of thiophene rings is 1. The first-order valence-electron chi connectivity index (χ1n) is 4.52. The molecule has 1 rings (SSSR count). The lowest BCUT2D eigenvalue weighted by atomic mass is 10.1. The van der Waals surface area contributed by atoms with Gasteiger partial charge in [0.15, 0.2) is 0 Å². The first-order chi connectivity index (χ1) is 7.33. The van der Waals surface area contributed by atoms with E-state index in [0.29, 0.717) is 4.34 Å². The highest BCUT2D eigenvalue weighted by molar-refractivity contribution is 9.10. The Morgan fingerprint density at radius 2 is 2.19 bits per heavy atom. The quantitative estimate of drug-likeness (QED) is 0.835. The summed E-state index contributed by atoms with van der Waals surface area (Å²) in [7, 11) is 1.64. The Kier molecular flexibility index (Phi) is 5.10. The highest BCUT2D eigenvalue weighted by atomic mass is 79.9. The van der Waals surface area contributed by atoms with Crippen molar-refractivity contribution in [1.82, 2.24) is 5.32 Å². The van der Waals surface area contributed by atoms with Gasteiger partial charge in [0.25, 0.3) is 0 Å². The van der Waals surface area contributed by atoms with Crippen LogP contribution in [0.4, 0.5) is 13.2 Å². The molecule has 7 heteroatoms. The van der Waals surface area contributed by atoms with Crippen molar-refractivity contribution in [2.75, 3.05) is 7.05 Å². The molecule has 0 aliphatic heterocycles. The lowest BCUT2D eigenvalue weighted by Crippen LogP contribution is -2.18. The van der Waals surface area contributed by atoms with Crippen molar-refractivity contribution < 1.29 is 13.2 Å². The second-order valence-corrected chi connectivity index (χ2v) is 5.81.